The van der Waals surface area contributed by atoms with Crippen molar-refractivity contribution in [2.75, 3.05) is 26.2 Å². The second kappa shape index (κ2) is 8.37. The molecule has 8 heteroatoms. The zero-order valence-corrected chi connectivity index (χ0v) is 13.1. The number of halogens is 2. The number of benzene rings is 1. The molecule has 6 nitrogen and oxygen atoms in total. The van der Waals surface area contributed by atoms with E-state index in [1.807, 2.05) is 0 Å². The Morgan fingerprint density at radius 2 is 1.79 bits per heavy atom. The number of amides is 3. The van der Waals surface area contributed by atoms with Crippen molar-refractivity contribution in [1.82, 2.24) is 15.5 Å². The average Bonchev–Trinajstić information content (AvgIpc) is 3.07. The van der Waals surface area contributed by atoms with Gasteiger partial charge >= 0.3 is 0 Å². The summed E-state index contributed by atoms with van der Waals surface area (Å²) in [6, 6.07) is 2.63. The highest BCUT2D eigenvalue weighted by Gasteiger charge is 2.18. The maximum atomic E-state index is 13.4. The second-order valence-electron chi connectivity index (χ2n) is 5.49. The Morgan fingerprint density at radius 1 is 1.08 bits per heavy atom. The van der Waals surface area contributed by atoms with Crippen molar-refractivity contribution in [3.8, 4) is 0 Å². The summed E-state index contributed by atoms with van der Waals surface area (Å²) in [5, 5.41) is 4.86. The van der Waals surface area contributed by atoms with Crippen LogP contribution >= 0.6 is 0 Å². The minimum atomic E-state index is -0.965. The summed E-state index contributed by atoms with van der Waals surface area (Å²) in [5.41, 5.74) is -0.291. The van der Waals surface area contributed by atoms with Gasteiger partial charge < -0.3 is 15.5 Å². The lowest BCUT2D eigenvalue weighted by molar-refractivity contribution is -0.132. The van der Waals surface area contributed by atoms with E-state index < -0.39 is 17.5 Å². The van der Waals surface area contributed by atoms with Gasteiger partial charge in [-0.15, -0.1) is 0 Å². The van der Waals surface area contributed by atoms with Gasteiger partial charge in [0.25, 0.3) is 5.91 Å². The summed E-state index contributed by atoms with van der Waals surface area (Å²) >= 11 is 0. The Balaban J connectivity index is 1.68. The molecule has 0 spiro atoms. The first-order valence-electron chi connectivity index (χ1n) is 7.75. The molecule has 2 N–H and O–H groups in total. The fourth-order valence-corrected chi connectivity index (χ4v) is 2.40. The number of rotatable bonds is 6. The van der Waals surface area contributed by atoms with E-state index in [0.29, 0.717) is 19.2 Å². The van der Waals surface area contributed by atoms with Crippen molar-refractivity contribution in [2.24, 2.45) is 0 Å². The fourth-order valence-electron chi connectivity index (χ4n) is 2.40. The third-order valence-corrected chi connectivity index (χ3v) is 3.71. The highest BCUT2D eigenvalue weighted by molar-refractivity contribution is 5.94. The molecule has 130 valence electrons. The predicted octanol–water partition coefficient (Wildman–Crippen LogP) is 0.823. The largest absolute Gasteiger partial charge is 0.351 e. The number of carbonyl (C=O) groups is 3. The van der Waals surface area contributed by atoms with Crippen molar-refractivity contribution < 1.29 is 23.2 Å². The molecule has 0 aromatic heterocycles. The smallest absolute Gasteiger partial charge is 0.254 e. The first-order chi connectivity index (χ1) is 11.5. The van der Waals surface area contributed by atoms with Crippen LogP contribution in [0.15, 0.2) is 18.2 Å². The van der Waals surface area contributed by atoms with E-state index in [0.717, 1.165) is 25.0 Å². The first kappa shape index (κ1) is 17.8. The monoisotopic (exact) mass is 339 g/mol. The van der Waals surface area contributed by atoms with E-state index in [-0.39, 0.29) is 36.9 Å². The molecule has 1 aliphatic rings. The van der Waals surface area contributed by atoms with Crippen LogP contribution < -0.4 is 10.6 Å². The van der Waals surface area contributed by atoms with Gasteiger partial charge in [-0.3, -0.25) is 14.4 Å². The highest BCUT2D eigenvalue weighted by Crippen LogP contribution is 2.09. The minimum absolute atomic E-state index is 0.0145. The lowest BCUT2D eigenvalue weighted by Crippen LogP contribution is -2.39. The molecule has 1 aromatic carbocycles. The maximum Gasteiger partial charge on any atom is 0.254 e. The van der Waals surface area contributed by atoms with E-state index in [1.165, 1.54) is 0 Å². The van der Waals surface area contributed by atoms with Crippen LogP contribution in [0, 0.1) is 11.6 Å². The molecular formula is C16H19F2N3O3. The molecule has 24 heavy (non-hydrogen) atoms. The molecular weight excluding hydrogens is 320 g/mol. The van der Waals surface area contributed by atoms with E-state index >= 15 is 0 Å². The third-order valence-electron chi connectivity index (χ3n) is 3.71. The van der Waals surface area contributed by atoms with Gasteiger partial charge in [0.2, 0.25) is 11.8 Å². The highest BCUT2D eigenvalue weighted by atomic mass is 19.1. The molecule has 2 rings (SSSR count). The van der Waals surface area contributed by atoms with Crippen LogP contribution in [0.2, 0.25) is 0 Å². The summed E-state index contributed by atoms with van der Waals surface area (Å²) in [5.74, 6) is -2.98. The van der Waals surface area contributed by atoms with Gasteiger partial charge in [-0.25, -0.2) is 8.78 Å². The Labute approximate surface area is 138 Å². The standard InChI is InChI=1S/C16H19F2N3O3/c17-11-3-4-12(13(18)9-11)16(24)19-6-5-14(22)20-10-15(23)21-7-1-2-8-21/h3-4,9H,1-2,5-8,10H2,(H,19,24)(H,20,22). The number of carbonyl (C=O) groups excluding carboxylic acids is 3. The molecule has 0 radical (unpaired) electrons. The van der Waals surface area contributed by atoms with Crippen LogP contribution in [0.1, 0.15) is 29.6 Å². The predicted molar refractivity (Wildman–Crippen MR) is 82.1 cm³/mol. The van der Waals surface area contributed by atoms with E-state index in [4.69, 9.17) is 0 Å². The van der Waals surface area contributed by atoms with Gasteiger partial charge in [-0.1, -0.05) is 0 Å². The maximum absolute atomic E-state index is 13.4. The number of hydrogen-bond acceptors (Lipinski definition) is 3. The Bertz CT molecular complexity index is 631. The number of nitrogens with one attached hydrogen (secondary N) is 2. The Kier molecular flexibility index (Phi) is 6.22. The van der Waals surface area contributed by atoms with E-state index in [9.17, 15) is 23.2 Å². The van der Waals surface area contributed by atoms with Crippen LogP contribution in [0.3, 0.4) is 0 Å². The van der Waals surface area contributed by atoms with E-state index in [1.54, 1.807) is 4.90 Å². The fraction of sp³-hybridized carbons (Fsp3) is 0.438. The first-order valence-corrected chi connectivity index (χ1v) is 7.75. The van der Waals surface area contributed by atoms with Gasteiger partial charge in [0.1, 0.15) is 11.6 Å². The van der Waals surface area contributed by atoms with Crippen LogP contribution in [-0.2, 0) is 9.59 Å². The molecule has 1 aliphatic heterocycles. The van der Waals surface area contributed by atoms with Gasteiger partial charge in [0.05, 0.1) is 12.1 Å². The molecule has 0 saturated carbocycles. The van der Waals surface area contributed by atoms with Crippen molar-refractivity contribution in [2.45, 2.75) is 19.3 Å². The molecule has 1 fully saturated rings. The molecule has 0 aliphatic carbocycles. The molecule has 3 amide bonds. The van der Waals surface area contributed by atoms with Crippen molar-refractivity contribution in [1.29, 1.82) is 0 Å². The summed E-state index contributed by atoms with van der Waals surface area (Å²) < 4.78 is 26.2. The SMILES string of the molecule is O=C(CCNC(=O)c1ccc(F)cc1F)NCC(=O)N1CCCC1. The zero-order valence-electron chi connectivity index (χ0n) is 13.1. The third kappa shape index (κ3) is 5.00. The van der Waals surface area contributed by atoms with Gasteiger partial charge in [0, 0.05) is 32.1 Å². The molecule has 1 heterocycles. The van der Waals surface area contributed by atoms with Gasteiger partial charge in [-0.05, 0) is 25.0 Å². The number of hydrogen-bond donors (Lipinski definition) is 2. The van der Waals surface area contributed by atoms with Gasteiger partial charge in [-0.2, -0.15) is 0 Å². The van der Waals surface area contributed by atoms with Gasteiger partial charge in [0.15, 0.2) is 0 Å². The molecule has 0 bridgehead atoms. The molecule has 1 saturated heterocycles. The minimum Gasteiger partial charge on any atom is -0.351 e. The lowest BCUT2D eigenvalue weighted by Gasteiger charge is -2.15. The van der Waals surface area contributed by atoms with Crippen LogP contribution in [0.4, 0.5) is 8.78 Å². The molecule has 1 aromatic rings. The summed E-state index contributed by atoms with van der Waals surface area (Å²) in [7, 11) is 0. The summed E-state index contributed by atoms with van der Waals surface area (Å²) in [4.78, 5) is 36.8. The van der Waals surface area contributed by atoms with Crippen LogP contribution in [0.5, 0.6) is 0 Å². The Morgan fingerprint density at radius 3 is 2.46 bits per heavy atom. The molecule has 0 atom stereocenters. The van der Waals surface area contributed by atoms with Crippen molar-refractivity contribution >= 4 is 17.7 Å². The van der Waals surface area contributed by atoms with Crippen LogP contribution in [-0.4, -0.2) is 48.8 Å². The van der Waals surface area contributed by atoms with Crippen LogP contribution in [0.25, 0.3) is 0 Å². The number of nitrogens with zero attached hydrogens (tertiary/aromatic N) is 1. The lowest BCUT2D eigenvalue weighted by atomic mass is 10.2. The quantitative estimate of drug-likeness (QED) is 0.806. The zero-order chi connectivity index (χ0) is 17.5. The summed E-state index contributed by atoms with van der Waals surface area (Å²) in [6.07, 6.45) is 1.92. The second-order valence-corrected chi connectivity index (χ2v) is 5.49. The Hall–Kier alpha value is -2.51. The van der Waals surface area contributed by atoms with E-state index in [2.05, 4.69) is 10.6 Å². The summed E-state index contributed by atoms with van der Waals surface area (Å²) in [6.45, 7) is 1.35. The topological polar surface area (TPSA) is 78.5 Å². The average molecular weight is 339 g/mol. The van der Waals surface area contributed by atoms with Crippen molar-refractivity contribution in [3.63, 3.8) is 0 Å². The van der Waals surface area contributed by atoms with Crippen molar-refractivity contribution in [3.05, 3.63) is 35.4 Å². The normalized spacial score (nSPS) is 13.7. The molecule has 0 unspecified atom stereocenters. The number of likely N-dealkylation sites (tertiary alicyclic amines) is 1.